The van der Waals surface area contributed by atoms with Crippen LogP contribution < -0.4 is 5.32 Å². The van der Waals surface area contributed by atoms with Crippen molar-refractivity contribution in [1.29, 1.82) is 0 Å². The third kappa shape index (κ3) is 4.02. The van der Waals surface area contributed by atoms with Crippen molar-refractivity contribution in [3.8, 4) is 0 Å². The van der Waals surface area contributed by atoms with Crippen molar-refractivity contribution in [3.63, 3.8) is 0 Å². The van der Waals surface area contributed by atoms with Gasteiger partial charge < -0.3 is 5.32 Å². The second-order valence-corrected chi connectivity index (χ2v) is 5.32. The quantitative estimate of drug-likeness (QED) is 0.800. The number of nitrogens with one attached hydrogen (secondary N) is 1. The molecule has 2 aromatic carbocycles. The summed E-state index contributed by atoms with van der Waals surface area (Å²) in [6.45, 7) is 2.80. The van der Waals surface area contributed by atoms with Crippen molar-refractivity contribution in [2.75, 3.05) is 6.54 Å². The number of hydrogen-bond donors (Lipinski definition) is 1. The molecule has 0 bridgehead atoms. The molecule has 2 aromatic rings. The van der Waals surface area contributed by atoms with Gasteiger partial charge in [-0.3, -0.25) is 0 Å². The summed E-state index contributed by atoms with van der Waals surface area (Å²) in [5.41, 5.74) is 1.25. The molecular weight excluding hydrogens is 292 g/mol. The van der Waals surface area contributed by atoms with Crippen LogP contribution in [0.4, 0.5) is 8.78 Å². The van der Waals surface area contributed by atoms with E-state index in [2.05, 4.69) is 5.32 Å². The van der Waals surface area contributed by atoms with Crippen molar-refractivity contribution >= 4 is 11.6 Å². The lowest BCUT2D eigenvalue weighted by Crippen LogP contribution is -2.25. The van der Waals surface area contributed by atoms with Crippen LogP contribution in [0.5, 0.6) is 0 Å². The molecule has 0 spiro atoms. The third-order valence-electron chi connectivity index (χ3n) is 3.38. The summed E-state index contributed by atoms with van der Waals surface area (Å²) in [6.07, 6.45) is 1.36. The zero-order valence-corrected chi connectivity index (χ0v) is 12.6. The van der Waals surface area contributed by atoms with Crippen LogP contribution in [-0.2, 0) is 6.42 Å². The molecule has 1 N–H and O–H groups in total. The predicted molar refractivity (Wildman–Crippen MR) is 82.5 cm³/mol. The summed E-state index contributed by atoms with van der Waals surface area (Å²) < 4.78 is 27.5. The summed E-state index contributed by atoms with van der Waals surface area (Å²) in [7, 11) is 0. The highest BCUT2D eigenvalue weighted by Crippen LogP contribution is 2.28. The van der Waals surface area contributed by atoms with E-state index in [4.69, 9.17) is 11.6 Å². The fraction of sp³-hybridized carbons (Fsp3) is 0.294. The predicted octanol–water partition coefficient (Wildman–Crippen LogP) is 4.90. The van der Waals surface area contributed by atoms with Crippen LogP contribution in [0, 0.1) is 11.6 Å². The molecule has 0 aliphatic carbocycles. The number of halogens is 3. The van der Waals surface area contributed by atoms with Gasteiger partial charge in [-0.1, -0.05) is 48.9 Å². The molecular formula is C17H18ClF2N. The summed E-state index contributed by atoms with van der Waals surface area (Å²) in [4.78, 5) is 0. The molecule has 0 radical (unpaired) electrons. The average molecular weight is 310 g/mol. The molecule has 1 nitrogen and oxygen atoms in total. The number of hydrogen-bond acceptors (Lipinski definition) is 1. The van der Waals surface area contributed by atoms with Gasteiger partial charge in [0.2, 0.25) is 0 Å². The van der Waals surface area contributed by atoms with Gasteiger partial charge in [0, 0.05) is 6.04 Å². The molecule has 4 heteroatoms. The van der Waals surface area contributed by atoms with E-state index in [1.54, 1.807) is 30.3 Å². The van der Waals surface area contributed by atoms with Gasteiger partial charge in [-0.15, -0.1) is 0 Å². The summed E-state index contributed by atoms with van der Waals surface area (Å²) in [6, 6.07) is 11.1. The Morgan fingerprint density at radius 2 is 1.76 bits per heavy atom. The first-order valence-electron chi connectivity index (χ1n) is 7.04. The lowest BCUT2D eigenvalue weighted by Gasteiger charge is -2.21. The van der Waals surface area contributed by atoms with Gasteiger partial charge in [0.25, 0.3) is 0 Å². The van der Waals surface area contributed by atoms with E-state index in [-0.39, 0.29) is 16.9 Å². The minimum atomic E-state index is -0.453. The van der Waals surface area contributed by atoms with Crippen LogP contribution in [0.2, 0.25) is 5.02 Å². The van der Waals surface area contributed by atoms with Gasteiger partial charge in [-0.05, 0) is 42.6 Å². The summed E-state index contributed by atoms with van der Waals surface area (Å²) >= 11 is 6.06. The van der Waals surface area contributed by atoms with Crippen molar-refractivity contribution in [2.24, 2.45) is 0 Å². The Labute approximate surface area is 128 Å². The zero-order chi connectivity index (χ0) is 15.2. The van der Waals surface area contributed by atoms with E-state index in [1.165, 1.54) is 12.1 Å². The molecule has 0 saturated heterocycles. The number of benzene rings is 2. The van der Waals surface area contributed by atoms with Crippen molar-refractivity contribution in [3.05, 3.63) is 70.2 Å². The maximum atomic E-state index is 13.8. The smallest absolute Gasteiger partial charge is 0.142 e. The second kappa shape index (κ2) is 7.53. The van der Waals surface area contributed by atoms with Gasteiger partial charge in [0.1, 0.15) is 11.6 Å². The van der Waals surface area contributed by atoms with E-state index >= 15 is 0 Å². The maximum absolute atomic E-state index is 13.8. The Kier molecular flexibility index (Phi) is 5.71. The van der Waals surface area contributed by atoms with Gasteiger partial charge in [0.05, 0.1) is 5.02 Å². The standard InChI is InChI=1S/C17H18ClF2N/c1-2-10-21-16(11-12-6-3-4-8-14(12)19)13-7-5-9-15(20)17(13)18/h3-9,16,21H,2,10-11H2,1H3. The fourth-order valence-electron chi connectivity index (χ4n) is 2.28. The maximum Gasteiger partial charge on any atom is 0.142 e. The minimum absolute atomic E-state index is 0.0995. The Morgan fingerprint density at radius 3 is 2.48 bits per heavy atom. The summed E-state index contributed by atoms with van der Waals surface area (Å²) in [5.74, 6) is -0.709. The van der Waals surface area contributed by atoms with Gasteiger partial charge in [0.15, 0.2) is 0 Å². The fourth-order valence-corrected chi connectivity index (χ4v) is 2.54. The first-order valence-corrected chi connectivity index (χ1v) is 7.42. The van der Waals surface area contributed by atoms with Crippen molar-refractivity contribution in [1.82, 2.24) is 5.32 Å². The largest absolute Gasteiger partial charge is 0.310 e. The van der Waals surface area contributed by atoms with E-state index in [0.29, 0.717) is 17.5 Å². The topological polar surface area (TPSA) is 12.0 Å². The van der Waals surface area contributed by atoms with Crippen LogP contribution in [0.25, 0.3) is 0 Å². The first-order chi connectivity index (χ1) is 10.1. The van der Waals surface area contributed by atoms with Gasteiger partial charge in [-0.2, -0.15) is 0 Å². The Bertz CT molecular complexity index is 601. The van der Waals surface area contributed by atoms with Crippen LogP contribution >= 0.6 is 11.6 Å². The minimum Gasteiger partial charge on any atom is -0.310 e. The second-order valence-electron chi connectivity index (χ2n) is 4.95. The van der Waals surface area contributed by atoms with Crippen molar-refractivity contribution in [2.45, 2.75) is 25.8 Å². The highest BCUT2D eigenvalue weighted by atomic mass is 35.5. The molecule has 21 heavy (non-hydrogen) atoms. The molecule has 0 heterocycles. The Hall–Kier alpha value is -1.45. The van der Waals surface area contributed by atoms with E-state index in [1.807, 2.05) is 6.92 Å². The molecule has 2 rings (SSSR count). The lowest BCUT2D eigenvalue weighted by atomic mass is 9.98. The third-order valence-corrected chi connectivity index (χ3v) is 3.78. The van der Waals surface area contributed by atoms with Crippen molar-refractivity contribution < 1.29 is 8.78 Å². The van der Waals surface area contributed by atoms with E-state index in [0.717, 1.165) is 13.0 Å². The first kappa shape index (κ1) is 15.9. The van der Waals surface area contributed by atoms with E-state index < -0.39 is 5.82 Å². The van der Waals surface area contributed by atoms with Crippen LogP contribution in [-0.4, -0.2) is 6.54 Å². The van der Waals surface area contributed by atoms with Gasteiger partial charge in [-0.25, -0.2) is 8.78 Å². The molecule has 1 unspecified atom stereocenters. The molecule has 0 amide bonds. The molecule has 0 saturated carbocycles. The molecule has 0 fully saturated rings. The molecule has 0 aliphatic heterocycles. The van der Waals surface area contributed by atoms with Crippen LogP contribution in [0.3, 0.4) is 0 Å². The SMILES string of the molecule is CCCNC(Cc1ccccc1F)c1cccc(F)c1Cl. The zero-order valence-electron chi connectivity index (χ0n) is 11.9. The molecule has 0 aromatic heterocycles. The average Bonchev–Trinajstić information content (AvgIpc) is 2.48. The van der Waals surface area contributed by atoms with Crippen LogP contribution in [0.1, 0.15) is 30.5 Å². The molecule has 0 aliphatic rings. The highest BCUT2D eigenvalue weighted by Gasteiger charge is 2.18. The van der Waals surface area contributed by atoms with Crippen LogP contribution in [0.15, 0.2) is 42.5 Å². The molecule has 112 valence electrons. The molecule has 1 atom stereocenters. The summed E-state index contributed by atoms with van der Waals surface area (Å²) in [5, 5.41) is 3.41. The van der Waals surface area contributed by atoms with Gasteiger partial charge >= 0.3 is 0 Å². The number of rotatable bonds is 6. The highest BCUT2D eigenvalue weighted by molar-refractivity contribution is 6.31. The normalized spacial score (nSPS) is 12.4. The monoisotopic (exact) mass is 309 g/mol. The van der Waals surface area contributed by atoms with E-state index in [9.17, 15) is 8.78 Å². The Morgan fingerprint density at radius 1 is 1.05 bits per heavy atom. The Balaban J connectivity index is 2.30. The lowest BCUT2D eigenvalue weighted by molar-refractivity contribution is 0.509.